The minimum atomic E-state index is -4.46. The second kappa shape index (κ2) is 6.15. The van der Waals surface area contributed by atoms with Crippen molar-refractivity contribution in [1.82, 2.24) is 0 Å². The molecule has 1 rings (SSSR count). The third kappa shape index (κ3) is 5.42. The van der Waals surface area contributed by atoms with Crippen LogP contribution >= 0.6 is 11.8 Å². The second-order valence-electron chi connectivity index (χ2n) is 4.00. The van der Waals surface area contributed by atoms with E-state index in [4.69, 9.17) is 5.73 Å². The summed E-state index contributed by atoms with van der Waals surface area (Å²) in [5, 5.41) is 0. The Labute approximate surface area is 114 Å². The largest absolute Gasteiger partial charge is 0.416 e. The van der Waals surface area contributed by atoms with Gasteiger partial charge < -0.3 is 5.73 Å². The molecule has 2 N–H and O–H groups in total. The fourth-order valence-corrected chi connectivity index (χ4v) is 3.54. The fraction of sp³-hybridized carbons (Fsp3) is 0.455. The van der Waals surface area contributed by atoms with Gasteiger partial charge in [-0.2, -0.15) is 13.2 Å². The van der Waals surface area contributed by atoms with Gasteiger partial charge in [-0.3, -0.25) is 0 Å². The summed E-state index contributed by atoms with van der Waals surface area (Å²) >= 11 is 1.08. The van der Waals surface area contributed by atoms with E-state index in [9.17, 15) is 21.6 Å². The third-order valence-electron chi connectivity index (χ3n) is 2.33. The number of benzene rings is 1. The monoisotopic (exact) mass is 313 g/mol. The molecular formula is C11H14F3NO2S2. The molecule has 0 atom stereocenters. The van der Waals surface area contributed by atoms with Crippen LogP contribution in [0.5, 0.6) is 0 Å². The van der Waals surface area contributed by atoms with E-state index in [-0.39, 0.29) is 23.6 Å². The Morgan fingerprint density at radius 1 is 1.32 bits per heavy atom. The molecule has 0 aliphatic heterocycles. The molecule has 0 aliphatic rings. The first kappa shape index (κ1) is 16.3. The Bertz CT molecular complexity index is 541. The Morgan fingerprint density at radius 3 is 2.42 bits per heavy atom. The van der Waals surface area contributed by atoms with Crippen LogP contribution in [0.3, 0.4) is 0 Å². The summed E-state index contributed by atoms with van der Waals surface area (Å²) in [6.45, 7) is -0.191. The number of hydrogen-bond acceptors (Lipinski definition) is 4. The Morgan fingerprint density at radius 2 is 1.95 bits per heavy atom. The van der Waals surface area contributed by atoms with Crippen molar-refractivity contribution in [3.63, 3.8) is 0 Å². The van der Waals surface area contributed by atoms with Gasteiger partial charge in [0.1, 0.15) is 9.84 Å². The number of thioether (sulfide) groups is 1. The van der Waals surface area contributed by atoms with Crippen molar-refractivity contribution >= 4 is 21.6 Å². The maximum absolute atomic E-state index is 12.8. The van der Waals surface area contributed by atoms with Gasteiger partial charge in [-0.15, -0.1) is 11.8 Å². The molecule has 0 saturated carbocycles. The van der Waals surface area contributed by atoms with Gasteiger partial charge in [0.15, 0.2) is 0 Å². The summed E-state index contributed by atoms with van der Waals surface area (Å²) in [7, 11) is -3.11. The quantitative estimate of drug-likeness (QED) is 0.847. The van der Waals surface area contributed by atoms with Crippen LogP contribution in [-0.2, 0) is 22.6 Å². The zero-order chi connectivity index (χ0) is 14.7. The summed E-state index contributed by atoms with van der Waals surface area (Å²) in [5.41, 5.74) is 4.53. The molecule has 1 aromatic carbocycles. The summed E-state index contributed by atoms with van der Waals surface area (Å²) in [6, 6.07) is 3.85. The minimum Gasteiger partial charge on any atom is -0.326 e. The Hall–Kier alpha value is -0.730. The van der Waals surface area contributed by atoms with Crippen LogP contribution in [0.2, 0.25) is 0 Å². The van der Waals surface area contributed by atoms with Gasteiger partial charge in [-0.1, -0.05) is 6.07 Å². The molecule has 3 nitrogen and oxygen atoms in total. The van der Waals surface area contributed by atoms with Crippen LogP contribution in [0.1, 0.15) is 11.1 Å². The predicted molar refractivity (Wildman–Crippen MR) is 69.8 cm³/mol. The van der Waals surface area contributed by atoms with Crippen LogP contribution in [0, 0.1) is 0 Å². The molecule has 0 aliphatic carbocycles. The molecule has 0 fully saturated rings. The number of halogens is 3. The number of hydrogen-bond donors (Lipinski definition) is 1. The molecule has 19 heavy (non-hydrogen) atoms. The zero-order valence-corrected chi connectivity index (χ0v) is 11.8. The van der Waals surface area contributed by atoms with E-state index in [0.717, 1.165) is 24.1 Å². The average Bonchev–Trinajstić information content (AvgIpc) is 2.26. The molecular weight excluding hydrogens is 299 g/mol. The first-order chi connectivity index (χ1) is 8.63. The molecule has 108 valence electrons. The highest BCUT2D eigenvalue weighted by atomic mass is 32.2. The van der Waals surface area contributed by atoms with Crippen molar-refractivity contribution in [2.24, 2.45) is 5.73 Å². The first-order valence-electron chi connectivity index (χ1n) is 5.34. The van der Waals surface area contributed by atoms with Gasteiger partial charge in [-0.05, 0) is 17.7 Å². The normalized spacial score (nSPS) is 12.7. The number of nitrogens with two attached hydrogens (primary N) is 1. The molecule has 0 saturated heterocycles. The van der Waals surface area contributed by atoms with Crippen LogP contribution in [0.4, 0.5) is 13.2 Å². The minimum absolute atomic E-state index is 0.0277. The Kier molecular flexibility index (Phi) is 5.28. The lowest BCUT2D eigenvalue weighted by molar-refractivity contribution is -0.138. The summed E-state index contributed by atoms with van der Waals surface area (Å²) in [6.07, 6.45) is -3.37. The number of alkyl halides is 3. The van der Waals surface area contributed by atoms with Gasteiger partial charge in [0.2, 0.25) is 0 Å². The first-order valence-corrected chi connectivity index (χ1v) is 8.39. The summed E-state index contributed by atoms with van der Waals surface area (Å²) in [4.78, 5) is 0.383. The lowest BCUT2D eigenvalue weighted by Gasteiger charge is -2.13. The number of rotatable bonds is 5. The molecule has 0 spiro atoms. The topological polar surface area (TPSA) is 60.2 Å². The maximum atomic E-state index is 12.8. The summed E-state index contributed by atoms with van der Waals surface area (Å²) in [5.74, 6) is 0.149. The van der Waals surface area contributed by atoms with E-state index >= 15 is 0 Å². The van der Waals surface area contributed by atoms with E-state index < -0.39 is 21.6 Å². The highest BCUT2D eigenvalue weighted by molar-refractivity contribution is 8.00. The van der Waals surface area contributed by atoms with Crippen LogP contribution < -0.4 is 5.73 Å². The van der Waals surface area contributed by atoms with E-state index in [0.29, 0.717) is 4.90 Å². The van der Waals surface area contributed by atoms with Crippen molar-refractivity contribution in [2.45, 2.75) is 17.6 Å². The van der Waals surface area contributed by atoms with E-state index in [2.05, 4.69) is 0 Å². The molecule has 0 radical (unpaired) electrons. The van der Waals surface area contributed by atoms with Gasteiger partial charge in [-0.25, -0.2) is 8.42 Å². The van der Waals surface area contributed by atoms with Gasteiger partial charge in [0.05, 0.1) is 11.3 Å². The van der Waals surface area contributed by atoms with Gasteiger partial charge >= 0.3 is 6.18 Å². The molecule has 0 heterocycles. The van der Waals surface area contributed by atoms with Crippen molar-refractivity contribution in [3.05, 3.63) is 29.3 Å². The summed E-state index contributed by atoms with van der Waals surface area (Å²) < 4.78 is 60.2. The smallest absolute Gasteiger partial charge is 0.326 e. The molecule has 0 aromatic heterocycles. The zero-order valence-electron chi connectivity index (χ0n) is 10.2. The lowest BCUT2D eigenvalue weighted by Crippen LogP contribution is -2.12. The van der Waals surface area contributed by atoms with E-state index in [1.165, 1.54) is 12.1 Å². The van der Waals surface area contributed by atoms with Crippen molar-refractivity contribution < 1.29 is 21.6 Å². The van der Waals surface area contributed by atoms with Crippen LogP contribution in [0.25, 0.3) is 0 Å². The SMILES string of the molecule is CS(=O)(=O)CCSc1ccc(CN)c(C(F)(F)F)c1. The second-order valence-corrected chi connectivity index (χ2v) is 7.43. The standard InChI is InChI=1S/C11H14F3NO2S2/c1-19(16,17)5-4-18-9-3-2-8(7-15)10(6-9)11(12,13)14/h2-3,6H,4-5,7,15H2,1H3. The molecule has 1 aromatic rings. The predicted octanol–water partition coefficient (Wildman–Crippen LogP) is 2.30. The van der Waals surface area contributed by atoms with Gasteiger partial charge in [0.25, 0.3) is 0 Å². The lowest BCUT2D eigenvalue weighted by atomic mass is 10.1. The van der Waals surface area contributed by atoms with Crippen molar-refractivity contribution in [2.75, 3.05) is 17.8 Å². The molecule has 8 heteroatoms. The van der Waals surface area contributed by atoms with E-state index in [1.807, 2.05) is 0 Å². The van der Waals surface area contributed by atoms with Crippen molar-refractivity contribution in [1.29, 1.82) is 0 Å². The number of sulfone groups is 1. The highest BCUT2D eigenvalue weighted by Crippen LogP contribution is 2.34. The average molecular weight is 313 g/mol. The Balaban J connectivity index is 2.87. The molecule has 0 bridgehead atoms. The van der Waals surface area contributed by atoms with Gasteiger partial charge in [0, 0.05) is 23.4 Å². The molecule has 0 amide bonds. The third-order valence-corrected chi connectivity index (χ3v) is 4.53. The van der Waals surface area contributed by atoms with Crippen LogP contribution in [-0.4, -0.2) is 26.2 Å². The molecule has 0 unspecified atom stereocenters. The highest BCUT2D eigenvalue weighted by Gasteiger charge is 2.33. The van der Waals surface area contributed by atoms with E-state index in [1.54, 1.807) is 0 Å². The maximum Gasteiger partial charge on any atom is 0.416 e. The van der Waals surface area contributed by atoms with Crippen molar-refractivity contribution in [3.8, 4) is 0 Å². The fourth-order valence-electron chi connectivity index (χ4n) is 1.40. The van der Waals surface area contributed by atoms with Crippen LogP contribution in [0.15, 0.2) is 23.1 Å².